The number of hydrogen-bond acceptors (Lipinski definition) is 4. The summed E-state index contributed by atoms with van der Waals surface area (Å²) in [5.41, 5.74) is 0.714. The third kappa shape index (κ3) is 5.79. The zero-order valence-electron chi connectivity index (χ0n) is 14.0. The van der Waals surface area contributed by atoms with E-state index in [9.17, 15) is 23.1 Å². The van der Waals surface area contributed by atoms with Crippen LogP contribution in [0.2, 0.25) is 0 Å². The highest BCUT2D eigenvalue weighted by molar-refractivity contribution is 5.76. The highest BCUT2D eigenvalue weighted by Crippen LogP contribution is 2.30. The monoisotopic (exact) mass is 347 g/mol. The van der Waals surface area contributed by atoms with Crippen molar-refractivity contribution < 1.29 is 27.8 Å². The van der Waals surface area contributed by atoms with E-state index < -0.39 is 42.7 Å². The Morgan fingerprint density at radius 3 is 2.25 bits per heavy atom. The number of benzene rings is 1. The fourth-order valence-corrected chi connectivity index (χ4v) is 2.58. The normalized spacial score (nSPS) is 15.8. The van der Waals surface area contributed by atoms with Crippen LogP contribution in [0.5, 0.6) is 0 Å². The Morgan fingerprint density at radius 1 is 1.25 bits per heavy atom. The molecule has 0 bridgehead atoms. The van der Waals surface area contributed by atoms with Crippen LogP contribution in [0.3, 0.4) is 0 Å². The minimum absolute atomic E-state index is 0.0658. The van der Waals surface area contributed by atoms with E-state index in [1.165, 1.54) is 0 Å². The number of carbonyl (C=O) groups is 1. The summed E-state index contributed by atoms with van der Waals surface area (Å²) in [4.78, 5) is 11.9. The third-order valence-corrected chi connectivity index (χ3v) is 4.00. The smallest absolute Gasteiger partial charge is 0.404 e. The Kier molecular flexibility index (Phi) is 7.69. The molecule has 0 fully saturated rings. The van der Waals surface area contributed by atoms with Crippen molar-refractivity contribution in [1.82, 2.24) is 5.32 Å². The van der Waals surface area contributed by atoms with Crippen molar-refractivity contribution in [1.29, 1.82) is 0 Å². The molecule has 0 unspecified atom stereocenters. The molecule has 1 aromatic rings. The van der Waals surface area contributed by atoms with Gasteiger partial charge in [-0.25, -0.2) is 0 Å². The number of aliphatic hydroxyl groups is 1. The molecule has 0 spiro atoms. The number of nitrogens with one attached hydrogen (secondary N) is 1. The molecule has 4 nitrogen and oxygen atoms in total. The number of carbonyl (C=O) groups excluding carboxylic acids is 1. The van der Waals surface area contributed by atoms with Crippen LogP contribution in [0, 0.1) is 11.8 Å². The van der Waals surface area contributed by atoms with Gasteiger partial charge in [-0.2, -0.15) is 13.2 Å². The highest BCUT2D eigenvalue weighted by atomic mass is 19.4. The van der Waals surface area contributed by atoms with Gasteiger partial charge in [0.25, 0.3) is 0 Å². The first-order chi connectivity index (χ1) is 11.2. The fraction of sp³-hybridized carbons (Fsp3) is 0.588. The average Bonchev–Trinajstić information content (AvgIpc) is 2.52. The van der Waals surface area contributed by atoms with Gasteiger partial charge in [0.1, 0.15) is 12.1 Å². The minimum Gasteiger partial charge on any atom is -0.468 e. The van der Waals surface area contributed by atoms with E-state index >= 15 is 0 Å². The van der Waals surface area contributed by atoms with Crippen LogP contribution in [-0.4, -0.2) is 43.1 Å². The van der Waals surface area contributed by atoms with Gasteiger partial charge < -0.3 is 9.84 Å². The lowest BCUT2D eigenvalue weighted by Gasteiger charge is -2.33. The van der Waals surface area contributed by atoms with E-state index in [0.29, 0.717) is 5.56 Å². The van der Waals surface area contributed by atoms with Crippen molar-refractivity contribution in [3.63, 3.8) is 0 Å². The van der Waals surface area contributed by atoms with Crippen LogP contribution in [-0.2, 0) is 16.0 Å². The van der Waals surface area contributed by atoms with Crippen LogP contribution in [0.1, 0.15) is 19.4 Å². The van der Waals surface area contributed by atoms with Crippen molar-refractivity contribution in [3.05, 3.63) is 35.9 Å². The molecule has 0 saturated heterocycles. The van der Waals surface area contributed by atoms with E-state index in [0.717, 1.165) is 7.11 Å². The summed E-state index contributed by atoms with van der Waals surface area (Å²) in [7, 11) is 1.14. The van der Waals surface area contributed by atoms with Crippen molar-refractivity contribution in [2.75, 3.05) is 13.7 Å². The Labute approximate surface area is 140 Å². The maximum Gasteiger partial charge on any atom is 0.404 e. The second-order valence-corrected chi connectivity index (χ2v) is 6.04. The van der Waals surface area contributed by atoms with Crippen LogP contribution < -0.4 is 5.32 Å². The first kappa shape index (κ1) is 20.4. The maximum absolute atomic E-state index is 13.5. The molecule has 0 aliphatic heterocycles. The molecule has 24 heavy (non-hydrogen) atoms. The summed E-state index contributed by atoms with van der Waals surface area (Å²) in [6, 6.07) is 5.57. The van der Waals surface area contributed by atoms with Crippen LogP contribution in [0.4, 0.5) is 13.2 Å². The number of aliphatic hydroxyl groups excluding tert-OH is 1. The lowest BCUT2D eigenvalue weighted by atomic mass is 9.87. The molecule has 7 heteroatoms. The fourth-order valence-electron chi connectivity index (χ4n) is 2.58. The largest absolute Gasteiger partial charge is 0.468 e. The van der Waals surface area contributed by atoms with E-state index in [2.05, 4.69) is 10.1 Å². The second-order valence-electron chi connectivity index (χ2n) is 6.04. The van der Waals surface area contributed by atoms with Gasteiger partial charge in [0.05, 0.1) is 7.11 Å². The Bertz CT molecular complexity index is 506. The van der Waals surface area contributed by atoms with E-state index in [-0.39, 0.29) is 6.42 Å². The Morgan fingerprint density at radius 2 is 1.83 bits per heavy atom. The number of ether oxygens (including phenoxy) is 1. The molecule has 0 amide bonds. The Hall–Kier alpha value is -1.60. The highest BCUT2D eigenvalue weighted by Gasteiger charge is 2.47. The van der Waals surface area contributed by atoms with Gasteiger partial charge in [-0.15, -0.1) is 0 Å². The SMILES string of the molecule is COC(=O)[C@H](Cc1ccccc1)N[C@@H]([C@H](CO)C(C)C)C(F)(F)F. The predicted octanol–water partition coefficient (Wildman–Crippen LogP) is 2.56. The summed E-state index contributed by atoms with van der Waals surface area (Å²) in [6.45, 7) is 2.57. The van der Waals surface area contributed by atoms with Gasteiger partial charge in [-0.3, -0.25) is 10.1 Å². The maximum atomic E-state index is 13.5. The molecular weight excluding hydrogens is 323 g/mol. The molecule has 0 radical (unpaired) electrons. The summed E-state index contributed by atoms with van der Waals surface area (Å²) < 4.78 is 45.0. The number of halogens is 3. The first-order valence-corrected chi connectivity index (χ1v) is 7.76. The van der Waals surface area contributed by atoms with E-state index in [4.69, 9.17) is 0 Å². The number of alkyl halides is 3. The topological polar surface area (TPSA) is 58.6 Å². The Balaban J connectivity index is 3.05. The van der Waals surface area contributed by atoms with Crippen molar-refractivity contribution in [2.45, 2.75) is 38.5 Å². The van der Waals surface area contributed by atoms with E-state index in [1.807, 2.05) is 0 Å². The number of methoxy groups -OCH3 is 1. The number of hydrogen-bond donors (Lipinski definition) is 2. The standard InChI is InChI=1S/C17H24F3NO3/c1-11(2)13(10-22)15(17(18,19)20)21-14(16(23)24-3)9-12-7-5-4-6-8-12/h4-8,11,13-15,21-22H,9-10H2,1-3H3/t13-,14+,15+/m1/s1. The van der Waals surface area contributed by atoms with Gasteiger partial charge in [0.15, 0.2) is 0 Å². The van der Waals surface area contributed by atoms with Crippen molar-refractivity contribution >= 4 is 5.97 Å². The quantitative estimate of drug-likeness (QED) is 0.710. The van der Waals surface area contributed by atoms with Crippen molar-refractivity contribution in [2.24, 2.45) is 11.8 Å². The minimum atomic E-state index is -4.60. The van der Waals surface area contributed by atoms with Crippen LogP contribution in [0.25, 0.3) is 0 Å². The van der Waals surface area contributed by atoms with Crippen LogP contribution in [0.15, 0.2) is 30.3 Å². The zero-order chi connectivity index (χ0) is 18.3. The molecule has 136 valence electrons. The zero-order valence-corrected chi connectivity index (χ0v) is 14.0. The average molecular weight is 347 g/mol. The second kappa shape index (κ2) is 9.03. The molecule has 0 saturated carbocycles. The summed E-state index contributed by atoms with van der Waals surface area (Å²) in [5.74, 6) is -2.24. The van der Waals surface area contributed by atoms with Crippen LogP contribution >= 0.6 is 0 Å². The van der Waals surface area contributed by atoms with Gasteiger partial charge >= 0.3 is 12.1 Å². The lowest BCUT2D eigenvalue weighted by Crippen LogP contribution is -2.56. The van der Waals surface area contributed by atoms with Gasteiger partial charge in [0.2, 0.25) is 0 Å². The molecule has 0 aliphatic rings. The van der Waals surface area contributed by atoms with E-state index in [1.54, 1.807) is 44.2 Å². The lowest BCUT2D eigenvalue weighted by molar-refractivity contribution is -0.179. The first-order valence-electron chi connectivity index (χ1n) is 7.76. The molecule has 0 aromatic heterocycles. The van der Waals surface area contributed by atoms with Gasteiger partial charge in [0, 0.05) is 12.5 Å². The molecule has 1 rings (SSSR count). The summed E-state index contributed by atoms with van der Waals surface area (Å²) >= 11 is 0. The van der Waals surface area contributed by atoms with Gasteiger partial charge in [-0.05, 0) is 17.9 Å². The molecule has 0 aliphatic carbocycles. The summed E-state index contributed by atoms with van der Waals surface area (Å²) in [5, 5.41) is 11.7. The number of rotatable bonds is 8. The molecule has 3 atom stereocenters. The molecular formula is C17H24F3NO3. The predicted molar refractivity (Wildman–Crippen MR) is 84.3 cm³/mol. The van der Waals surface area contributed by atoms with Gasteiger partial charge in [-0.1, -0.05) is 44.2 Å². The summed E-state index contributed by atoms with van der Waals surface area (Å²) in [6.07, 6.45) is -4.53. The molecule has 2 N–H and O–H groups in total. The number of esters is 1. The molecule has 0 heterocycles. The third-order valence-electron chi connectivity index (χ3n) is 4.00. The molecule has 1 aromatic carbocycles. The van der Waals surface area contributed by atoms with Crippen molar-refractivity contribution in [3.8, 4) is 0 Å².